The molecule has 1 rings (SSSR count). The lowest BCUT2D eigenvalue weighted by molar-refractivity contribution is -0.137. The van der Waals surface area contributed by atoms with E-state index >= 15 is 0 Å². The predicted molar refractivity (Wildman–Crippen MR) is 59.7 cm³/mol. The molecule has 0 saturated carbocycles. The standard InChI is InChI=1S/C11H11FO4S/c1-16-11(13)10(12)7-8-17(14,15)9-5-3-2-4-6-9/h2-7H,8H2,1H3. The second-order valence-corrected chi connectivity index (χ2v) is 5.17. The Bertz CT molecular complexity index is 520. The van der Waals surface area contributed by atoms with Gasteiger partial charge in [0.25, 0.3) is 0 Å². The summed E-state index contributed by atoms with van der Waals surface area (Å²) in [5, 5.41) is 0. The monoisotopic (exact) mass is 258 g/mol. The molecule has 4 nitrogen and oxygen atoms in total. The summed E-state index contributed by atoms with van der Waals surface area (Å²) >= 11 is 0. The number of halogens is 1. The van der Waals surface area contributed by atoms with Crippen molar-refractivity contribution in [3.63, 3.8) is 0 Å². The number of rotatable bonds is 4. The fourth-order valence-electron chi connectivity index (χ4n) is 1.09. The molecule has 0 unspecified atom stereocenters. The van der Waals surface area contributed by atoms with Crippen LogP contribution < -0.4 is 0 Å². The summed E-state index contributed by atoms with van der Waals surface area (Å²) in [6.07, 6.45) is 0.689. The summed E-state index contributed by atoms with van der Waals surface area (Å²) in [6.45, 7) is 0. The summed E-state index contributed by atoms with van der Waals surface area (Å²) < 4.78 is 40.4. The first-order chi connectivity index (χ1) is 7.97. The Morgan fingerprint density at radius 2 is 1.94 bits per heavy atom. The third kappa shape index (κ3) is 3.67. The number of hydrogen-bond donors (Lipinski definition) is 0. The average Bonchev–Trinajstić information content (AvgIpc) is 2.36. The SMILES string of the molecule is COC(=O)C(F)=CCS(=O)(=O)c1ccccc1. The Labute approximate surface area is 98.6 Å². The minimum Gasteiger partial charge on any atom is -0.464 e. The Morgan fingerprint density at radius 1 is 1.35 bits per heavy atom. The second-order valence-electron chi connectivity index (χ2n) is 3.14. The van der Waals surface area contributed by atoms with Gasteiger partial charge in [0, 0.05) is 0 Å². The molecule has 0 saturated heterocycles. The van der Waals surface area contributed by atoms with Crippen LogP contribution in [0.15, 0.2) is 47.1 Å². The van der Waals surface area contributed by atoms with Crippen LogP contribution in [0.25, 0.3) is 0 Å². The smallest absolute Gasteiger partial charge is 0.366 e. The third-order valence-corrected chi connectivity index (χ3v) is 3.56. The molecule has 0 N–H and O–H groups in total. The molecule has 92 valence electrons. The van der Waals surface area contributed by atoms with Gasteiger partial charge in [-0.25, -0.2) is 13.2 Å². The molecule has 0 atom stereocenters. The number of ether oxygens (including phenoxy) is 1. The summed E-state index contributed by atoms with van der Waals surface area (Å²) in [6, 6.07) is 7.60. The van der Waals surface area contributed by atoms with Crippen molar-refractivity contribution in [2.24, 2.45) is 0 Å². The van der Waals surface area contributed by atoms with Gasteiger partial charge in [-0.1, -0.05) is 18.2 Å². The Balaban J connectivity index is 2.86. The number of carbonyl (C=O) groups is 1. The molecule has 1 aromatic rings. The van der Waals surface area contributed by atoms with Crippen LogP contribution >= 0.6 is 0 Å². The molecule has 0 heterocycles. The van der Waals surface area contributed by atoms with Gasteiger partial charge in [0.2, 0.25) is 5.83 Å². The van der Waals surface area contributed by atoms with Crippen molar-refractivity contribution < 1.29 is 22.3 Å². The van der Waals surface area contributed by atoms with Crippen LogP contribution in [-0.2, 0) is 19.4 Å². The van der Waals surface area contributed by atoms with Crippen LogP contribution in [0, 0.1) is 0 Å². The van der Waals surface area contributed by atoms with Crippen LogP contribution in [0.2, 0.25) is 0 Å². The van der Waals surface area contributed by atoms with Crippen molar-refractivity contribution in [3.05, 3.63) is 42.2 Å². The molecular formula is C11H11FO4S. The van der Waals surface area contributed by atoms with E-state index in [-0.39, 0.29) is 4.90 Å². The normalized spacial score (nSPS) is 12.2. The van der Waals surface area contributed by atoms with Gasteiger partial charge in [0.05, 0.1) is 17.8 Å². The zero-order valence-electron chi connectivity index (χ0n) is 9.09. The lowest BCUT2D eigenvalue weighted by Crippen LogP contribution is -2.07. The number of carbonyl (C=O) groups excluding carboxylic acids is 1. The summed E-state index contributed by atoms with van der Waals surface area (Å²) in [5.74, 6) is -2.99. The van der Waals surface area contributed by atoms with Crippen LogP contribution in [0.5, 0.6) is 0 Å². The maximum absolute atomic E-state index is 13.0. The molecule has 0 radical (unpaired) electrons. The van der Waals surface area contributed by atoms with Crippen molar-refractivity contribution in [2.75, 3.05) is 12.9 Å². The minimum absolute atomic E-state index is 0.0777. The second kappa shape index (κ2) is 5.58. The fraction of sp³-hybridized carbons (Fsp3) is 0.182. The first-order valence-corrected chi connectivity index (χ1v) is 6.34. The first-order valence-electron chi connectivity index (χ1n) is 4.69. The van der Waals surface area contributed by atoms with Crippen molar-refractivity contribution in [3.8, 4) is 0 Å². The zero-order valence-corrected chi connectivity index (χ0v) is 9.91. The number of esters is 1. The zero-order chi connectivity index (χ0) is 12.9. The highest BCUT2D eigenvalue weighted by molar-refractivity contribution is 7.91. The molecule has 0 amide bonds. The molecular weight excluding hydrogens is 247 g/mol. The quantitative estimate of drug-likeness (QED) is 0.606. The number of benzene rings is 1. The lowest BCUT2D eigenvalue weighted by Gasteiger charge is -2.00. The molecule has 0 aromatic heterocycles. The van der Waals surface area contributed by atoms with Gasteiger partial charge in [-0.3, -0.25) is 0 Å². The number of methoxy groups -OCH3 is 1. The van der Waals surface area contributed by atoms with Crippen molar-refractivity contribution in [1.29, 1.82) is 0 Å². The predicted octanol–water partition coefficient (Wildman–Crippen LogP) is 1.49. The van der Waals surface area contributed by atoms with Gasteiger partial charge < -0.3 is 4.74 Å². The van der Waals surface area contributed by atoms with Gasteiger partial charge in [-0.2, -0.15) is 4.39 Å². The molecule has 0 aliphatic heterocycles. The minimum atomic E-state index is -3.62. The van der Waals surface area contributed by atoms with Gasteiger partial charge in [-0.15, -0.1) is 0 Å². The van der Waals surface area contributed by atoms with E-state index in [1.807, 2.05) is 0 Å². The number of hydrogen-bond acceptors (Lipinski definition) is 4. The van der Waals surface area contributed by atoms with E-state index in [2.05, 4.69) is 4.74 Å². The highest BCUT2D eigenvalue weighted by Gasteiger charge is 2.15. The Morgan fingerprint density at radius 3 is 2.47 bits per heavy atom. The third-order valence-electron chi connectivity index (χ3n) is 1.96. The van der Waals surface area contributed by atoms with E-state index in [9.17, 15) is 17.6 Å². The Hall–Kier alpha value is -1.69. The molecule has 0 fully saturated rings. The highest BCUT2D eigenvalue weighted by atomic mass is 32.2. The van der Waals surface area contributed by atoms with Gasteiger partial charge in [-0.05, 0) is 18.2 Å². The summed E-state index contributed by atoms with van der Waals surface area (Å²) in [5.41, 5.74) is 0. The summed E-state index contributed by atoms with van der Waals surface area (Å²) in [7, 11) is -2.61. The van der Waals surface area contributed by atoms with E-state index in [1.54, 1.807) is 18.2 Å². The van der Waals surface area contributed by atoms with Gasteiger partial charge >= 0.3 is 5.97 Å². The van der Waals surface area contributed by atoms with Crippen LogP contribution in [0.3, 0.4) is 0 Å². The summed E-state index contributed by atoms with van der Waals surface area (Å²) in [4.78, 5) is 10.8. The molecule has 0 aliphatic rings. The Kier molecular flexibility index (Phi) is 4.39. The molecule has 1 aromatic carbocycles. The van der Waals surface area contributed by atoms with Crippen molar-refractivity contribution >= 4 is 15.8 Å². The van der Waals surface area contributed by atoms with Crippen LogP contribution in [0.1, 0.15) is 0 Å². The van der Waals surface area contributed by atoms with Gasteiger partial charge in [0.1, 0.15) is 0 Å². The van der Waals surface area contributed by atoms with Crippen LogP contribution in [0.4, 0.5) is 4.39 Å². The van der Waals surface area contributed by atoms with Gasteiger partial charge in [0.15, 0.2) is 9.84 Å². The van der Waals surface area contributed by atoms with E-state index in [1.165, 1.54) is 12.1 Å². The van der Waals surface area contributed by atoms with Crippen LogP contribution in [-0.4, -0.2) is 27.2 Å². The van der Waals surface area contributed by atoms with E-state index in [4.69, 9.17) is 0 Å². The molecule has 0 bridgehead atoms. The lowest BCUT2D eigenvalue weighted by atomic mass is 10.4. The number of sulfone groups is 1. The highest BCUT2D eigenvalue weighted by Crippen LogP contribution is 2.11. The topological polar surface area (TPSA) is 60.4 Å². The molecule has 6 heteroatoms. The van der Waals surface area contributed by atoms with E-state index < -0.39 is 27.4 Å². The largest absolute Gasteiger partial charge is 0.464 e. The maximum Gasteiger partial charge on any atom is 0.366 e. The maximum atomic E-state index is 13.0. The first kappa shape index (κ1) is 13.4. The molecule has 0 aliphatic carbocycles. The van der Waals surface area contributed by atoms with Crippen molar-refractivity contribution in [1.82, 2.24) is 0 Å². The molecule has 17 heavy (non-hydrogen) atoms. The van der Waals surface area contributed by atoms with Crippen molar-refractivity contribution in [2.45, 2.75) is 4.90 Å². The van der Waals surface area contributed by atoms with E-state index in [0.29, 0.717) is 6.08 Å². The molecule has 0 spiro atoms. The fourth-order valence-corrected chi connectivity index (χ4v) is 2.22. The van der Waals surface area contributed by atoms with E-state index in [0.717, 1.165) is 7.11 Å². The average molecular weight is 258 g/mol.